The number of hydrogen-bond acceptors (Lipinski definition) is 9. The van der Waals surface area contributed by atoms with Crippen molar-refractivity contribution in [3.63, 3.8) is 0 Å². The van der Waals surface area contributed by atoms with Gasteiger partial charge >= 0.3 is 0 Å². The Morgan fingerprint density at radius 3 is 2.58 bits per heavy atom. The number of rotatable bonds is 14. The smallest absolute Gasteiger partial charge is 0.284 e. The van der Waals surface area contributed by atoms with Crippen LogP contribution in [0.5, 0.6) is 0 Å². The summed E-state index contributed by atoms with van der Waals surface area (Å²) in [5, 5.41) is 19.2. The molecule has 2 aromatic rings. The highest BCUT2D eigenvalue weighted by Crippen LogP contribution is 2.31. The van der Waals surface area contributed by atoms with Crippen LogP contribution in [0.1, 0.15) is 66.2 Å². The first kappa shape index (κ1) is 27.8. The second-order valence-corrected chi connectivity index (χ2v) is 9.33. The molecule has 0 radical (unpaired) electrons. The first-order valence-electron chi connectivity index (χ1n) is 12.6. The summed E-state index contributed by atoms with van der Waals surface area (Å²) >= 11 is 1.11. The van der Waals surface area contributed by atoms with E-state index in [9.17, 15) is 14.7 Å². The maximum atomic E-state index is 13.1. The molecule has 0 fully saturated rings. The summed E-state index contributed by atoms with van der Waals surface area (Å²) in [6.07, 6.45) is 4.54. The highest BCUT2D eigenvalue weighted by molar-refractivity contribution is 7.94. The molecular weight excluding hydrogens is 482 g/mol. The molecule has 1 aromatic carbocycles. The minimum Gasteiger partial charge on any atom is -0.509 e. The third kappa shape index (κ3) is 6.32. The van der Waals surface area contributed by atoms with Crippen molar-refractivity contribution in [2.24, 2.45) is 16.1 Å². The van der Waals surface area contributed by atoms with Gasteiger partial charge in [0.2, 0.25) is 11.9 Å². The summed E-state index contributed by atoms with van der Waals surface area (Å²) in [5.41, 5.74) is 1.33. The Bertz CT molecular complexity index is 1130. The lowest BCUT2D eigenvalue weighted by atomic mass is 9.94. The molecule has 1 atom stereocenters. The van der Waals surface area contributed by atoms with E-state index in [1.165, 1.54) is 4.90 Å². The van der Waals surface area contributed by atoms with Gasteiger partial charge in [0.25, 0.3) is 5.91 Å². The second-order valence-electron chi connectivity index (χ2n) is 8.56. The Kier molecular flexibility index (Phi) is 10.4. The van der Waals surface area contributed by atoms with Crippen LogP contribution in [0.3, 0.4) is 0 Å². The summed E-state index contributed by atoms with van der Waals surface area (Å²) in [4.78, 5) is 37.7. The van der Waals surface area contributed by atoms with E-state index in [2.05, 4.69) is 22.1 Å². The van der Waals surface area contributed by atoms with Gasteiger partial charge in [-0.1, -0.05) is 40.0 Å². The van der Waals surface area contributed by atoms with Crippen molar-refractivity contribution in [3.05, 3.63) is 29.7 Å². The predicted octanol–water partition coefficient (Wildman–Crippen LogP) is 6.25. The Morgan fingerprint density at radius 2 is 1.89 bits per heavy atom. The number of fused-ring (bicyclic) bond motifs is 1. The Morgan fingerprint density at radius 1 is 1.08 bits per heavy atom. The molecule has 0 aliphatic carbocycles. The van der Waals surface area contributed by atoms with Crippen molar-refractivity contribution in [1.29, 1.82) is 0 Å². The van der Waals surface area contributed by atoms with Crippen molar-refractivity contribution in [3.8, 4) is 0 Å². The molecule has 1 aliphatic heterocycles. The molecule has 0 saturated carbocycles. The van der Waals surface area contributed by atoms with Gasteiger partial charge in [-0.3, -0.25) is 14.5 Å². The average Bonchev–Trinajstić information content (AvgIpc) is 3.23. The Balaban J connectivity index is 1.90. The number of unbranched alkanes of at least 4 members (excludes halogenated alkanes) is 2. The maximum absolute atomic E-state index is 13.1. The normalized spacial score (nSPS) is 16.8. The largest absolute Gasteiger partial charge is 0.509 e. The van der Waals surface area contributed by atoms with Gasteiger partial charge in [-0.05, 0) is 44.4 Å². The van der Waals surface area contributed by atoms with Gasteiger partial charge in [-0.2, -0.15) is 4.33 Å². The van der Waals surface area contributed by atoms with Crippen LogP contribution in [0.4, 0.5) is 5.95 Å². The summed E-state index contributed by atoms with van der Waals surface area (Å²) in [6.45, 7) is 9.31. The Labute approximate surface area is 215 Å². The van der Waals surface area contributed by atoms with Crippen LogP contribution in [0.2, 0.25) is 0 Å². The number of aromatic nitrogens is 2. The number of aliphatic hydroxyl groups is 1. The number of imide groups is 1. The quantitative estimate of drug-likeness (QED) is 0.0785. The van der Waals surface area contributed by atoms with Gasteiger partial charge < -0.3 is 9.67 Å². The molecule has 0 bridgehead atoms. The number of hydrogen-bond donors (Lipinski definition) is 1. The van der Waals surface area contributed by atoms with Crippen LogP contribution in [0, 0.1) is 5.92 Å². The molecule has 3 rings (SSSR count). The van der Waals surface area contributed by atoms with Gasteiger partial charge in [0, 0.05) is 18.0 Å². The molecule has 0 saturated heterocycles. The predicted molar refractivity (Wildman–Crippen MR) is 137 cm³/mol. The molecule has 1 unspecified atom stereocenters. The number of aryl methyl sites for hydroxylation is 1. The molecule has 196 valence electrons. The van der Waals surface area contributed by atoms with Gasteiger partial charge in [-0.15, -0.1) is 10.2 Å². The SMILES string of the molecule is CCCCCN1C(=O)C(N=Nc2nc3ccc(SOOCCC)cc3n2CC)=C(O)C(CCC)C1=O. The average molecular weight is 518 g/mol. The number of nitrogens with zero attached hydrogens (tertiary/aromatic N) is 5. The number of benzene rings is 1. The van der Waals surface area contributed by atoms with Gasteiger partial charge in [0.1, 0.15) is 5.76 Å². The fourth-order valence-electron chi connectivity index (χ4n) is 3.99. The van der Waals surface area contributed by atoms with Gasteiger partial charge in [-0.25, -0.2) is 9.87 Å². The molecule has 1 aromatic heterocycles. The third-order valence-electron chi connectivity index (χ3n) is 5.87. The third-order valence-corrected chi connectivity index (χ3v) is 6.48. The fourth-order valence-corrected chi connectivity index (χ4v) is 4.47. The fraction of sp³-hybridized carbons (Fsp3) is 0.560. The van der Waals surface area contributed by atoms with Crippen LogP contribution in [0.25, 0.3) is 11.0 Å². The van der Waals surface area contributed by atoms with Crippen LogP contribution in [0.15, 0.2) is 44.8 Å². The molecular formula is C25H35N5O5S. The zero-order chi connectivity index (χ0) is 26.1. The summed E-state index contributed by atoms with van der Waals surface area (Å²) in [7, 11) is 0. The summed E-state index contributed by atoms with van der Waals surface area (Å²) in [5.74, 6) is -1.79. The lowest BCUT2D eigenvalue weighted by Gasteiger charge is -2.30. The molecule has 0 spiro atoms. The van der Waals surface area contributed by atoms with E-state index >= 15 is 0 Å². The Hall–Kier alpha value is -2.76. The molecule has 11 heteroatoms. The van der Waals surface area contributed by atoms with E-state index in [4.69, 9.17) is 9.22 Å². The number of carbonyl (C=O) groups is 2. The lowest BCUT2D eigenvalue weighted by molar-refractivity contribution is -0.190. The van der Waals surface area contributed by atoms with E-state index in [0.717, 1.165) is 41.7 Å². The van der Waals surface area contributed by atoms with Crippen LogP contribution < -0.4 is 0 Å². The minimum absolute atomic E-state index is 0.197. The van der Waals surface area contributed by atoms with Crippen LogP contribution >= 0.6 is 12.0 Å². The second kappa shape index (κ2) is 13.5. The number of aliphatic hydroxyl groups excluding tert-OH is 1. The number of carbonyl (C=O) groups excluding carboxylic acids is 2. The molecule has 1 aliphatic rings. The van der Waals surface area contributed by atoms with Crippen LogP contribution in [-0.2, 0) is 25.4 Å². The van der Waals surface area contributed by atoms with Crippen molar-refractivity contribution >= 4 is 40.8 Å². The van der Waals surface area contributed by atoms with Crippen molar-refractivity contribution in [1.82, 2.24) is 14.5 Å². The monoisotopic (exact) mass is 517 g/mol. The lowest BCUT2D eigenvalue weighted by Crippen LogP contribution is -2.46. The minimum atomic E-state index is -0.789. The molecule has 10 nitrogen and oxygen atoms in total. The van der Waals surface area contributed by atoms with Crippen molar-refractivity contribution in [2.75, 3.05) is 13.2 Å². The first-order chi connectivity index (χ1) is 17.5. The topological polar surface area (TPSA) is 119 Å². The number of amides is 2. The van der Waals surface area contributed by atoms with E-state index < -0.39 is 11.8 Å². The summed E-state index contributed by atoms with van der Waals surface area (Å²) < 4.78 is 7.02. The van der Waals surface area contributed by atoms with Crippen molar-refractivity contribution in [2.45, 2.75) is 77.7 Å². The van der Waals surface area contributed by atoms with Gasteiger partial charge in [0.15, 0.2) is 5.70 Å². The van der Waals surface area contributed by atoms with E-state index in [0.29, 0.717) is 50.4 Å². The number of imidazole rings is 1. The molecule has 2 amide bonds. The standard InChI is InChI=1S/C25H35N5O5S/c1-5-9-10-14-30-23(32)18(11-6-2)22(31)21(24(30)33)27-28-25-26-19-13-12-17(36-35-34-15-7-3)16-20(19)29(25)8-4/h12-13,16,18,31H,5-11,14-15H2,1-4H3. The van der Waals surface area contributed by atoms with E-state index in [-0.39, 0.29) is 17.4 Å². The van der Waals surface area contributed by atoms with Crippen molar-refractivity contribution < 1.29 is 23.9 Å². The molecule has 2 heterocycles. The van der Waals surface area contributed by atoms with Crippen LogP contribution in [-0.4, -0.2) is 44.5 Å². The number of azo groups is 1. The molecule has 36 heavy (non-hydrogen) atoms. The molecule has 1 N–H and O–H groups in total. The maximum Gasteiger partial charge on any atom is 0.284 e. The van der Waals surface area contributed by atoms with E-state index in [1.54, 1.807) is 0 Å². The zero-order valence-corrected chi connectivity index (χ0v) is 22.2. The highest BCUT2D eigenvalue weighted by atomic mass is 32.2. The highest BCUT2D eigenvalue weighted by Gasteiger charge is 2.40. The summed E-state index contributed by atoms with van der Waals surface area (Å²) in [6, 6.07) is 5.63. The first-order valence-corrected chi connectivity index (χ1v) is 13.4. The zero-order valence-electron chi connectivity index (χ0n) is 21.4. The van der Waals surface area contributed by atoms with Gasteiger partial charge in [0.05, 0.1) is 35.6 Å². The van der Waals surface area contributed by atoms with E-state index in [1.807, 2.05) is 43.5 Å².